The number of aromatic nitrogens is 2. The quantitative estimate of drug-likeness (QED) is 0.861. The van der Waals surface area contributed by atoms with Gasteiger partial charge in [-0.2, -0.15) is 5.10 Å². The highest BCUT2D eigenvalue weighted by Gasteiger charge is 2.33. The normalized spacial score (nSPS) is 20.8. The molecule has 1 aromatic carbocycles. The molecule has 0 bridgehead atoms. The average molecular weight is 269 g/mol. The standard InChI is InChI=1S/C17H23N3/c1-11-5-6-15(12(2)7-11)20-16-9-17(3,4)8-14(18)13(16)10-19-20/h5-7,10,14H,8-9,18H2,1-4H3. The van der Waals surface area contributed by atoms with E-state index in [-0.39, 0.29) is 11.5 Å². The van der Waals surface area contributed by atoms with Crippen LogP contribution < -0.4 is 5.73 Å². The number of rotatable bonds is 1. The summed E-state index contributed by atoms with van der Waals surface area (Å²) >= 11 is 0. The van der Waals surface area contributed by atoms with Crippen LogP contribution in [0.1, 0.15) is 48.7 Å². The minimum Gasteiger partial charge on any atom is -0.324 e. The van der Waals surface area contributed by atoms with Crippen LogP contribution in [-0.4, -0.2) is 9.78 Å². The number of nitrogens with zero attached hydrogens (tertiary/aromatic N) is 2. The van der Waals surface area contributed by atoms with Gasteiger partial charge in [0.25, 0.3) is 0 Å². The molecule has 106 valence electrons. The SMILES string of the molecule is Cc1ccc(-n2ncc3c2CC(C)(C)CC3N)c(C)c1. The number of nitrogens with two attached hydrogens (primary N) is 1. The Bertz CT molecular complexity index is 652. The third-order valence-corrected chi connectivity index (χ3v) is 4.30. The van der Waals surface area contributed by atoms with Gasteiger partial charge in [-0.1, -0.05) is 31.5 Å². The Balaban J connectivity index is 2.13. The molecule has 2 aromatic rings. The van der Waals surface area contributed by atoms with Gasteiger partial charge in [0.1, 0.15) is 0 Å². The largest absolute Gasteiger partial charge is 0.324 e. The van der Waals surface area contributed by atoms with Gasteiger partial charge in [0, 0.05) is 17.3 Å². The number of fused-ring (bicyclic) bond motifs is 1. The maximum Gasteiger partial charge on any atom is 0.0678 e. The molecule has 2 N–H and O–H groups in total. The summed E-state index contributed by atoms with van der Waals surface area (Å²) in [6, 6.07) is 6.61. The number of benzene rings is 1. The second-order valence-corrected chi connectivity index (χ2v) is 6.90. The first-order valence-corrected chi connectivity index (χ1v) is 7.27. The van der Waals surface area contributed by atoms with E-state index in [1.165, 1.54) is 28.1 Å². The molecule has 0 saturated heterocycles. The summed E-state index contributed by atoms with van der Waals surface area (Å²) in [6.07, 6.45) is 4.01. The van der Waals surface area contributed by atoms with Crippen LogP contribution >= 0.6 is 0 Å². The Labute approximate surface area is 120 Å². The van der Waals surface area contributed by atoms with Crippen LogP contribution in [0.5, 0.6) is 0 Å². The van der Waals surface area contributed by atoms with Crippen LogP contribution in [0.4, 0.5) is 0 Å². The van der Waals surface area contributed by atoms with Gasteiger partial charge in [-0.05, 0) is 43.7 Å². The molecular formula is C17H23N3. The molecule has 3 rings (SSSR count). The molecule has 0 spiro atoms. The fourth-order valence-electron chi connectivity index (χ4n) is 3.35. The zero-order chi connectivity index (χ0) is 14.5. The molecule has 0 amide bonds. The lowest BCUT2D eigenvalue weighted by molar-refractivity contribution is 0.278. The van der Waals surface area contributed by atoms with Gasteiger partial charge in [-0.3, -0.25) is 0 Å². The second-order valence-electron chi connectivity index (χ2n) is 6.90. The summed E-state index contributed by atoms with van der Waals surface area (Å²) in [5.41, 5.74) is 12.8. The predicted molar refractivity (Wildman–Crippen MR) is 82.1 cm³/mol. The van der Waals surface area contributed by atoms with Crippen molar-refractivity contribution in [3.63, 3.8) is 0 Å². The molecule has 0 radical (unpaired) electrons. The Kier molecular flexibility index (Phi) is 2.98. The van der Waals surface area contributed by atoms with Crippen molar-refractivity contribution < 1.29 is 0 Å². The second kappa shape index (κ2) is 4.45. The molecule has 1 heterocycles. The number of hydrogen-bond donors (Lipinski definition) is 1. The Morgan fingerprint density at radius 1 is 1.30 bits per heavy atom. The lowest BCUT2D eigenvalue weighted by Gasteiger charge is -2.33. The first kappa shape index (κ1) is 13.4. The first-order chi connectivity index (χ1) is 9.37. The number of hydrogen-bond acceptors (Lipinski definition) is 2. The Morgan fingerprint density at radius 2 is 2.05 bits per heavy atom. The Hall–Kier alpha value is -1.61. The molecule has 0 fully saturated rings. The highest BCUT2D eigenvalue weighted by atomic mass is 15.3. The molecule has 3 nitrogen and oxygen atoms in total. The van der Waals surface area contributed by atoms with Gasteiger partial charge < -0.3 is 5.73 Å². The summed E-state index contributed by atoms with van der Waals surface area (Å²) in [7, 11) is 0. The van der Waals surface area contributed by atoms with Crippen molar-refractivity contribution in [1.29, 1.82) is 0 Å². The fourth-order valence-corrected chi connectivity index (χ4v) is 3.35. The average Bonchev–Trinajstić information content (AvgIpc) is 2.71. The van der Waals surface area contributed by atoms with E-state index in [2.05, 4.69) is 55.7 Å². The van der Waals surface area contributed by atoms with E-state index in [1.54, 1.807) is 0 Å². The molecule has 3 heteroatoms. The van der Waals surface area contributed by atoms with E-state index < -0.39 is 0 Å². The van der Waals surface area contributed by atoms with Crippen molar-refractivity contribution in [3.05, 3.63) is 46.8 Å². The summed E-state index contributed by atoms with van der Waals surface area (Å²) in [6.45, 7) is 8.84. The molecule has 20 heavy (non-hydrogen) atoms. The highest BCUT2D eigenvalue weighted by Crippen LogP contribution is 2.40. The van der Waals surface area contributed by atoms with Crippen molar-refractivity contribution in [1.82, 2.24) is 9.78 Å². The van der Waals surface area contributed by atoms with Gasteiger partial charge in [-0.25, -0.2) is 4.68 Å². The summed E-state index contributed by atoms with van der Waals surface area (Å²) in [4.78, 5) is 0. The molecule has 1 atom stereocenters. The lowest BCUT2D eigenvalue weighted by atomic mass is 9.74. The van der Waals surface area contributed by atoms with Crippen LogP contribution in [0, 0.1) is 19.3 Å². The van der Waals surface area contributed by atoms with Gasteiger partial charge in [0.15, 0.2) is 0 Å². The molecule has 1 aliphatic carbocycles. The third kappa shape index (κ3) is 2.16. The number of aryl methyl sites for hydroxylation is 2. The van der Waals surface area contributed by atoms with Crippen molar-refractivity contribution in [2.45, 2.75) is 46.6 Å². The van der Waals surface area contributed by atoms with Crippen LogP contribution in [-0.2, 0) is 6.42 Å². The minimum absolute atomic E-state index is 0.105. The zero-order valence-electron chi connectivity index (χ0n) is 12.8. The first-order valence-electron chi connectivity index (χ1n) is 7.27. The van der Waals surface area contributed by atoms with Crippen LogP contribution in [0.2, 0.25) is 0 Å². The van der Waals surface area contributed by atoms with Gasteiger partial charge in [-0.15, -0.1) is 0 Å². The third-order valence-electron chi connectivity index (χ3n) is 4.30. The summed E-state index contributed by atoms with van der Waals surface area (Å²) < 4.78 is 2.09. The maximum absolute atomic E-state index is 6.32. The monoisotopic (exact) mass is 269 g/mol. The highest BCUT2D eigenvalue weighted by molar-refractivity contribution is 5.45. The van der Waals surface area contributed by atoms with Crippen LogP contribution in [0.15, 0.2) is 24.4 Å². The fraction of sp³-hybridized carbons (Fsp3) is 0.471. The summed E-state index contributed by atoms with van der Waals surface area (Å²) in [5, 5.41) is 4.61. The van der Waals surface area contributed by atoms with E-state index in [4.69, 9.17) is 5.73 Å². The molecule has 1 aromatic heterocycles. The minimum atomic E-state index is 0.105. The van der Waals surface area contributed by atoms with Crippen LogP contribution in [0.3, 0.4) is 0 Å². The van der Waals surface area contributed by atoms with E-state index in [9.17, 15) is 0 Å². The topological polar surface area (TPSA) is 43.8 Å². The van der Waals surface area contributed by atoms with Crippen molar-refractivity contribution in [2.75, 3.05) is 0 Å². The van der Waals surface area contributed by atoms with Gasteiger partial charge in [0.05, 0.1) is 11.9 Å². The lowest BCUT2D eigenvalue weighted by Crippen LogP contribution is -2.30. The molecule has 0 aliphatic heterocycles. The molecule has 0 saturated carbocycles. The van der Waals surface area contributed by atoms with E-state index >= 15 is 0 Å². The van der Waals surface area contributed by atoms with Gasteiger partial charge in [0.2, 0.25) is 0 Å². The van der Waals surface area contributed by atoms with Crippen molar-refractivity contribution in [2.24, 2.45) is 11.1 Å². The zero-order valence-corrected chi connectivity index (χ0v) is 12.8. The Morgan fingerprint density at radius 3 is 2.75 bits per heavy atom. The van der Waals surface area contributed by atoms with Gasteiger partial charge >= 0.3 is 0 Å². The maximum atomic E-state index is 6.32. The van der Waals surface area contributed by atoms with Crippen LogP contribution in [0.25, 0.3) is 5.69 Å². The van der Waals surface area contributed by atoms with Crippen molar-refractivity contribution >= 4 is 0 Å². The smallest absolute Gasteiger partial charge is 0.0678 e. The van der Waals surface area contributed by atoms with Crippen molar-refractivity contribution in [3.8, 4) is 5.69 Å². The molecule has 1 aliphatic rings. The summed E-state index contributed by atoms with van der Waals surface area (Å²) in [5.74, 6) is 0. The predicted octanol–water partition coefficient (Wildman–Crippen LogP) is 3.46. The van der Waals surface area contributed by atoms with E-state index in [0.717, 1.165) is 12.8 Å². The van der Waals surface area contributed by atoms with E-state index in [0.29, 0.717) is 0 Å². The molecule has 1 unspecified atom stereocenters. The molecular weight excluding hydrogens is 246 g/mol. The van der Waals surface area contributed by atoms with E-state index in [1.807, 2.05) is 6.20 Å².